The molecule has 0 bridgehead atoms. The van der Waals surface area contributed by atoms with E-state index in [0.717, 1.165) is 0 Å². The van der Waals surface area contributed by atoms with Crippen molar-refractivity contribution in [1.29, 1.82) is 0 Å². The van der Waals surface area contributed by atoms with Gasteiger partial charge in [-0.05, 0) is 12.1 Å². The van der Waals surface area contributed by atoms with Crippen LogP contribution in [0.4, 0.5) is 19.0 Å². The molecule has 0 aliphatic rings. The minimum absolute atomic E-state index is 0.00473. The van der Waals surface area contributed by atoms with Gasteiger partial charge in [-0.1, -0.05) is 18.2 Å². The van der Waals surface area contributed by atoms with E-state index >= 15 is 0 Å². The highest BCUT2D eigenvalue weighted by molar-refractivity contribution is 6.03. The van der Waals surface area contributed by atoms with Gasteiger partial charge in [0.2, 0.25) is 0 Å². The molecule has 20 heavy (non-hydrogen) atoms. The number of pyridine rings is 1. The molecule has 0 saturated heterocycles. The molecule has 2 aromatic rings. The first-order chi connectivity index (χ1) is 9.37. The van der Waals surface area contributed by atoms with Crippen LogP contribution in [-0.2, 0) is 0 Å². The second-order valence-corrected chi connectivity index (χ2v) is 4.17. The van der Waals surface area contributed by atoms with Crippen molar-refractivity contribution in [3.63, 3.8) is 0 Å². The molecule has 106 valence electrons. The number of hydrogen-bond donors (Lipinski definition) is 2. The van der Waals surface area contributed by atoms with Gasteiger partial charge in [0.15, 0.2) is 0 Å². The zero-order valence-electron chi connectivity index (χ0n) is 10.2. The molecule has 1 aromatic heterocycles. The van der Waals surface area contributed by atoms with E-state index in [1.54, 1.807) is 24.3 Å². The molecule has 0 saturated carbocycles. The number of carboxylic acids is 1. The van der Waals surface area contributed by atoms with E-state index in [0.29, 0.717) is 10.9 Å². The van der Waals surface area contributed by atoms with Crippen molar-refractivity contribution >= 4 is 22.7 Å². The van der Waals surface area contributed by atoms with Crippen LogP contribution in [0.1, 0.15) is 16.8 Å². The summed E-state index contributed by atoms with van der Waals surface area (Å²) < 4.78 is 36.2. The molecular formula is C13H11F3N2O2. The first kappa shape index (κ1) is 14.1. The van der Waals surface area contributed by atoms with Crippen molar-refractivity contribution in [3.8, 4) is 0 Å². The van der Waals surface area contributed by atoms with Gasteiger partial charge < -0.3 is 10.4 Å². The molecule has 0 spiro atoms. The first-order valence-electron chi connectivity index (χ1n) is 5.80. The molecule has 2 N–H and O–H groups in total. The van der Waals surface area contributed by atoms with Gasteiger partial charge in [-0.15, -0.1) is 0 Å². The number of anilines is 1. The third-order valence-electron chi connectivity index (χ3n) is 2.66. The summed E-state index contributed by atoms with van der Waals surface area (Å²) in [5, 5.41) is 12.1. The second kappa shape index (κ2) is 5.36. The van der Waals surface area contributed by atoms with Gasteiger partial charge in [0, 0.05) is 11.9 Å². The molecule has 0 radical (unpaired) electrons. The quantitative estimate of drug-likeness (QED) is 0.904. The minimum atomic E-state index is -4.26. The summed E-state index contributed by atoms with van der Waals surface area (Å²) in [6.07, 6.45) is -5.27. The highest BCUT2D eigenvalue weighted by Crippen LogP contribution is 2.22. The van der Waals surface area contributed by atoms with Crippen LogP contribution >= 0.6 is 0 Å². The Labute approximate surface area is 112 Å². The van der Waals surface area contributed by atoms with Crippen LogP contribution in [0.3, 0.4) is 0 Å². The zero-order chi connectivity index (χ0) is 14.8. The van der Waals surface area contributed by atoms with Crippen LogP contribution in [-0.4, -0.2) is 28.8 Å². The number of benzene rings is 1. The van der Waals surface area contributed by atoms with Gasteiger partial charge in [0.05, 0.1) is 17.5 Å². The fourth-order valence-electron chi connectivity index (χ4n) is 1.78. The summed E-state index contributed by atoms with van der Waals surface area (Å²) in [4.78, 5) is 15.3. The van der Waals surface area contributed by atoms with E-state index in [9.17, 15) is 18.0 Å². The Morgan fingerprint density at radius 1 is 1.30 bits per heavy atom. The maximum atomic E-state index is 12.1. The number of nitrogens with zero attached hydrogens (tertiary/aromatic N) is 1. The van der Waals surface area contributed by atoms with Crippen molar-refractivity contribution in [2.24, 2.45) is 0 Å². The lowest BCUT2D eigenvalue weighted by Crippen LogP contribution is -2.15. The van der Waals surface area contributed by atoms with Crippen molar-refractivity contribution in [1.82, 2.24) is 4.98 Å². The van der Waals surface area contributed by atoms with E-state index in [-0.39, 0.29) is 17.9 Å². The lowest BCUT2D eigenvalue weighted by atomic mass is 10.1. The van der Waals surface area contributed by atoms with Gasteiger partial charge in [-0.3, -0.25) is 0 Å². The molecule has 2 rings (SSSR count). The standard InChI is InChI=1S/C13H11F3N2O2/c14-13(15,16)5-6-17-11-7-9(12(19)20)8-3-1-2-4-10(8)18-11/h1-4,7H,5-6H2,(H,17,18)(H,19,20). The maximum absolute atomic E-state index is 12.1. The SMILES string of the molecule is O=C(O)c1cc(NCCC(F)(F)F)nc2ccccc12. The Morgan fingerprint density at radius 3 is 2.65 bits per heavy atom. The highest BCUT2D eigenvalue weighted by atomic mass is 19.4. The number of hydrogen-bond acceptors (Lipinski definition) is 3. The summed E-state index contributed by atoms with van der Waals surface area (Å²) in [6.45, 7) is -0.353. The summed E-state index contributed by atoms with van der Waals surface area (Å²) in [5.41, 5.74) is 0.423. The summed E-state index contributed by atoms with van der Waals surface area (Å²) in [7, 11) is 0. The second-order valence-electron chi connectivity index (χ2n) is 4.17. The Hall–Kier alpha value is -2.31. The number of carbonyl (C=O) groups is 1. The predicted octanol–water partition coefficient (Wildman–Crippen LogP) is 3.30. The number of aromatic nitrogens is 1. The lowest BCUT2D eigenvalue weighted by molar-refractivity contribution is -0.131. The Balaban J connectivity index is 2.28. The number of carboxylic acid groups (broad SMARTS) is 1. The van der Waals surface area contributed by atoms with E-state index in [4.69, 9.17) is 5.11 Å². The third-order valence-corrected chi connectivity index (χ3v) is 2.66. The molecule has 4 nitrogen and oxygen atoms in total. The Morgan fingerprint density at radius 2 is 2.00 bits per heavy atom. The number of fused-ring (bicyclic) bond motifs is 1. The Bertz CT molecular complexity index is 641. The highest BCUT2D eigenvalue weighted by Gasteiger charge is 2.26. The van der Waals surface area contributed by atoms with Crippen LogP contribution in [0.5, 0.6) is 0 Å². The molecule has 0 amide bonds. The van der Waals surface area contributed by atoms with Crippen LogP contribution in [0.15, 0.2) is 30.3 Å². The van der Waals surface area contributed by atoms with E-state index in [1.165, 1.54) is 6.07 Å². The summed E-state index contributed by atoms with van der Waals surface area (Å²) in [5.74, 6) is -1.03. The van der Waals surface area contributed by atoms with Crippen LogP contribution in [0.25, 0.3) is 10.9 Å². The van der Waals surface area contributed by atoms with Crippen molar-refractivity contribution in [2.75, 3.05) is 11.9 Å². The first-order valence-corrected chi connectivity index (χ1v) is 5.80. The number of halogens is 3. The molecular weight excluding hydrogens is 273 g/mol. The van der Waals surface area contributed by atoms with Crippen molar-refractivity contribution < 1.29 is 23.1 Å². The van der Waals surface area contributed by atoms with Gasteiger partial charge in [-0.2, -0.15) is 13.2 Å². The summed E-state index contributed by atoms with van der Waals surface area (Å²) >= 11 is 0. The third kappa shape index (κ3) is 3.37. The minimum Gasteiger partial charge on any atom is -0.478 e. The molecule has 1 aromatic carbocycles. The van der Waals surface area contributed by atoms with Crippen LogP contribution < -0.4 is 5.32 Å². The predicted molar refractivity (Wildman–Crippen MR) is 67.9 cm³/mol. The zero-order valence-corrected chi connectivity index (χ0v) is 10.2. The molecule has 7 heteroatoms. The van der Waals surface area contributed by atoms with Gasteiger partial charge in [-0.25, -0.2) is 9.78 Å². The molecule has 1 heterocycles. The average molecular weight is 284 g/mol. The maximum Gasteiger partial charge on any atom is 0.390 e. The van der Waals surface area contributed by atoms with Crippen molar-refractivity contribution in [3.05, 3.63) is 35.9 Å². The molecule has 0 atom stereocenters. The number of aromatic carboxylic acids is 1. The molecule has 0 fully saturated rings. The van der Waals surface area contributed by atoms with E-state index in [2.05, 4.69) is 10.3 Å². The number of para-hydroxylation sites is 1. The van der Waals surface area contributed by atoms with E-state index < -0.39 is 18.6 Å². The smallest absolute Gasteiger partial charge is 0.390 e. The van der Waals surface area contributed by atoms with Gasteiger partial charge in [0.1, 0.15) is 5.82 Å². The topological polar surface area (TPSA) is 62.2 Å². The Kier molecular flexibility index (Phi) is 3.78. The van der Waals surface area contributed by atoms with Crippen molar-refractivity contribution in [2.45, 2.75) is 12.6 Å². The van der Waals surface area contributed by atoms with Gasteiger partial charge in [0.25, 0.3) is 0 Å². The number of alkyl halides is 3. The number of nitrogens with one attached hydrogen (secondary N) is 1. The number of rotatable bonds is 4. The van der Waals surface area contributed by atoms with Gasteiger partial charge >= 0.3 is 12.1 Å². The molecule has 0 aliphatic heterocycles. The van der Waals surface area contributed by atoms with E-state index in [1.807, 2.05) is 0 Å². The average Bonchev–Trinajstić information content (AvgIpc) is 2.36. The normalized spacial score (nSPS) is 11.6. The fraction of sp³-hybridized carbons (Fsp3) is 0.231. The van der Waals surface area contributed by atoms with Crippen LogP contribution in [0, 0.1) is 0 Å². The monoisotopic (exact) mass is 284 g/mol. The largest absolute Gasteiger partial charge is 0.478 e. The lowest BCUT2D eigenvalue weighted by Gasteiger charge is -2.10. The fourth-order valence-corrected chi connectivity index (χ4v) is 1.78. The van der Waals surface area contributed by atoms with Crippen LogP contribution in [0.2, 0.25) is 0 Å². The molecule has 0 unspecified atom stereocenters. The molecule has 0 aliphatic carbocycles. The summed E-state index contributed by atoms with van der Waals surface area (Å²) in [6, 6.07) is 7.80.